The molecule has 0 saturated heterocycles. The molecular weight excluding hydrogens is 612 g/mol. The molecule has 1 N–H and O–H groups in total. The molecule has 6 nitrogen and oxygen atoms in total. The van der Waals surface area contributed by atoms with Crippen molar-refractivity contribution in [3.05, 3.63) is 36.7 Å². The van der Waals surface area contributed by atoms with Crippen molar-refractivity contribution >= 4 is 0 Å². The summed E-state index contributed by atoms with van der Waals surface area (Å²) in [4.78, 5) is 6.95. The summed E-state index contributed by atoms with van der Waals surface area (Å²) in [5, 5.41) is 9.17. The van der Waals surface area contributed by atoms with Crippen LogP contribution in [0.15, 0.2) is 36.7 Å². The van der Waals surface area contributed by atoms with Crippen LogP contribution in [-0.4, -0.2) is 63.9 Å². The molecule has 1 atom stereocenters. The first-order valence-corrected chi connectivity index (χ1v) is 9.43. The van der Waals surface area contributed by atoms with Gasteiger partial charge in [-0.15, -0.1) is 0 Å². The smallest absolute Gasteiger partial charge is 0.460 e. The van der Waals surface area contributed by atoms with E-state index in [1.807, 2.05) is 4.74 Å². The van der Waals surface area contributed by atoms with Gasteiger partial charge in [-0.1, -0.05) is 0 Å². The molecule has 2 rings (SSSR count). The molecule has 0 saturated carbocycles. The highest BCUT2D eigenvalue weighted by Crippen LogP contribution is 2.56. The fourth-order valence-electron chi connectivity index (χ4n) is 2.25. The van der Waals surface area contributed by atoms with Gasteiger partial charge < -0.3 is 9.84 Å². The molecule has 0 aliphatic heterocycles. The highest BCUT2D eigenvalue weighted by atomic mass is 19.4. The van der Waals surface area contributed by atoms with Crippen LogP contribution < -0.4 is 4.74 Å². The quantitative estimate of drug-likeness (QED) is 0.280. The third kappa shape index (κ3) is 6.36. The molecule has 1 heterocycles. The first-order chi connectivity index (χ1) is 17.8. The first kappa shape index (κ1) is 32.9. The van der Waals surface area contributed by atoms with Crippen LogP contribution in [0.4, 0.5) is 70.2 Å². The molecular formula is C18H8F16N2O4. The Labute approximate surface area is 209 Å². The lowest BCUT2D eigenvalue weighted by Gasteiger charge is -2.36. The van der Waals surface area contributed by atoms with Crippen molar-refractivity contribution in [3.8, 4) is 22.9 Å². The van der Waals surface area contributed by atoms with Crippen molar-refractivity contribution in [2.75, 3.05) is 0 Å². The Morgan fingerprint density at radius 2 is 1.07 bits per heavy atom. The predicted octanol–water partition coefficient (Wildman–Crippen LogP) is 6.76. The molecule has 0 bridgehead atoms. The maximum Gasteiger partial charge on any atom is 0.460 e. The van der Waals surface area contributed by atoms with Crippen molar-refractivity contribution in [2.24, 2.45) is 0 Å². The molecule has 1 unspecified atom stereocenters. The highest BCUT2D eigenvalue weighted by molar-refractivity contribution is 5.55. The fourth-order valence-corrected chi connectivity index (χ4v) is 2.25. The fraction of sp³-hybridized carbons (Fsp3) is 0.444. The number of hydrogen-bond donors (Lipinski definition) is 1. The standard InChI is InChI=1S/C18H8F16N2O4/c19-11(38-9-5-35-10(36-6-9)7-1-3-8(37)4-2-7)12(20,21)39-17(31,32)18(33,34)40-16(29,30)14(24,25)13(22,23)15(26,27)28/h1-6,11,37H. The largest absolute Gasteiger partial charge is 0.508 e. The highest BCUT2D eigenvalue weighted by Gasteiger charge is 2.85. The maximum atomic E-state index is 13.8. The van der Waals surface area contributed by atoms with Crippen molar-refractivity contribution in [3.63, 3.8) is 0 Å². The summed E-state index contributed by atoms with van der Waals surface area (Å²) in [6.45, 7) is 0. The van der Waals surface area contributed by atoms with Crippen LogP contribution in [0.5, 0.6) is 11.5 Å². The minimum atomic E-state index is -8.02. The number of aromatic hydroxyl groups is 1. The minimum Gasteiger partial charge on any atom is -0.508 e. The predicted molar refractivity (Wildman–Crippen MR) is 92.6 cm³/mol. The van der Waals surface area contributed by atoms with Crippen LogP contribution in [0.2, 0.25) is 0 Å². The summed E-state index contributed by atoms with van der Waals surface area (Å²) in [6.07, 6.45) is -40.3. The minimum absolute atomic E-state index is 0.173. The Morgan fingerprint density at radius 1 is 0.625 bits per heavy atom. The van der Waals surface area contributed by atoms with Crippen LogP contribution >= 0.6 is 0 Å². The van der Waals surface area contributed by atoms with E-state index in [9.17, 15) is 75.4 Å². The van der Waals surface area contributed by atoms with Gasteiger partial charge >= 0.3 is 48.8 Å². The number of hydrogen-bond acceptors (Lipinski definition) is 6. The number of halogens is 16. The van der Waals surface area contributed by atoms with Gasteiger partial charge in [-0.05, 0) is 24.3 Å². The molecule has 22 heteroatoms. The normalized spacial score (nSPS) is 15.2. The van der Waals surface area contributed by atoms with Crippen LogP contribution in [0.3, 0.4) is 0 Å². The van der Waals surface area contributed by atoms with Crippen LogP contribution in [0.25, 0.3) is 11.4 Å². The second-order valence-electron chi connectivity index (χ2n) is 7.19. The average Bonchev–Trinajstić information content (AvgIpc) is 2.77. The van der Waals surface area contributed by atoms with Gasteiger partial charge in [0.2, 0.25) is 0 Å². The summed E-state index contributed by atoms with van der Waals surface area (Å²) in [7, 11) is 0. The topological polar surface area (TPSA) is 73.7 Å². The molecule has 1 aromatic heterocycles. The summed E-state index contributed by atoms with van der Waals surface area (Å²) < 4.78 is 216. The molecule has 0 aliphatic carbocycles. The Balaban J connectivity index is 2.19. The van der Waals surface area contributed by atoms with Crippen molar-refractivity contribution in [2.45, 2.75) is 48.8 Å². The molecule has 40 heavy (non-hydrogen) atoms. The van der Waals surface area contributed by atoms with Crippen molar-refractivity contribution in [1.82, 2.24) is 9.97 Å². The number of phenols is 1. The van der Waals surface area contributed by atoms with Gasteiger partial charge in [0.15, 0.2) is 11.6 Å². The summed E-state index contributed by atoms with van der Waals surface area (Å²) in [5.41, 5.74) is 0.173. The Kier molecular flexibility index (Phi) is 8.45. The van der Waals surface area contributed by atoms with E-state index >= 15 is 0 Å². The number of nitrogens with zero attached hydrogens (tertiary/aromatic N) is 2. The molecule has 226 valence electrons. The van der Waals surface area contributed by atoms with Crippen LogP contribution in [0.1, 0.15) is 0 Å². The molecule has 0 aliphatic rings. The molecule has 0 fully saturated rings. The number of alkyl halides is 16. The van der Waals surface area contributed by atoms with E-state index < -0.39 is 54.6 Å². The van der Waals surface area contributed by atoms with Gasteiger partial charge in [0.05, 0.1) is 12.4 Å². The second kappa shape index (κ2) is 10.3. The summed E-state index contributed by atoms with van der Waals surface area (Å²) >= 11 is 0. The first-order valence-electron chi connectivity index (χ1n) is 9.43. The lowest BCUT2D eigenvalue weighted by atomic mass is 10.1. The maximum absolute atomic E-state index is 13.8. The third-order valence-electron chi connectivity index (χ3n) is 4.23. The van der Waals surface area contributed by atoms with E-state index in [0.717, 1.165) is 12.1 Å². The molecule has 0 spiro atoms. The molecule has 0 radical (unpaired) electrons. The zero-order chi connectivity index (χ0) is 31.2. The molecule has 2 aromatic rings. The average molecular weight is 620 g/mol. The van der Waals surface area contributed by atoms with Gasteiger partial charge in [-0.25, -0.2) is 19.4 Å². The number of ether oxygens (including phenoxy) is 3. The van der Waals surface area contributed by atoms with E-state index in [-0.39, 0.29) is 17.1 Å². The molecule has 0 amide bonds. The van der Waals surface area contributed by atoms with Gasteiger partial charge in [0, 0.05) is 5.56 Å². The third-order valence-corrected chi connectivity index (χ3v) is 4.23. The zero-order valence-electron chi connectivity index (χ0n) is 18.2. The number of rotatable bonds is 11. The summed E-state index contributed by atoms with van der Waals surface area (Å²) in [5.74, 6) is -17.4. The van der Waals surface area contributed by atoms with Gasteiger partial charge in [-0.2, -0.15) is 70.2 Å². The van der Waals surface area contributed by atoms with Gasteiger partial charge in [0.1, 0.15) is 5.75 Å². The van der Waals surface area contributed by atoms with E-state index in [1.165, 1.54) is 16.9 Å². The zero-order valence-corrected chi connectivity index (χ0v) is 18.2. The van der Waals surface area contributed by atoms with E-state index in [2.05, 4.69) is 14.7 Å². The van der Waals surface area contributed by atoms with E-state index in [0.29, 0.717) is 12.4 Å². The van der Waals surface area contributed by atoms with E-state index in [4.69, 9.17) is 0 Å². The van der Waals surface area contributed by atoms with Crippen molar-refractivity contribution in [1.29, 1.82) is 0 Å². The van der Waals surface area contributed by atoms with Gasteiger partial charge in [-0.3, -0.25) is 0 Å². The second-order valence-corrected chi connectivity index (χ2v) is 7.19. The van der Waals surface area contributed by atoms with E-state index in [1.54, 1.807) is 0 Å². The van der Waals surface area contributed by atoms with Gasteiger partial charge in [0.25, 0.3) is 0 Å². The Morgan fingerprint density at radius 3 is 1.52 bits per heavy atom. The Bertz CT molecular complexity index is 1160. The lowest BCUT2D eigenvalue weighted by Crippen LogP contribution is -2.64. The lowest BCUT2D eigenvalue weighted by molar-refractivity contribution is -0.547. The summed E-state index contributed by atoms with van der Waals surface area (Å²) in [6, 6.07) is 4.77. The number of phenolic OH excluding ortho intramolecular Hbond substituents is 1. The number of aromatic nitrogens is 2. The monoisotopic (exact) mass is 620 g/mol. The van der Waals surface area contributed by atoms with Crippen LogP contribution in [0, 0.1) is 0 Å². The Hall–Kier alpha value is -3.30. The SMILES string of the molecule is Oc1ccc(-c2ncc(OC(F)C(F)(F)OC(F)(F)C(F)(F)OC(F)(F)C(F)(F)C(F)(F)C(F)(F)F)cn2)cc1. The molecule has 1 aromatic carbocycles. The number of benzene rings is 1. The van der Waals surface area contributed by atoms with Crippen LogP contribution in [-0.2, 0) is 9.47 Å². The van der Waals surface area contributed by atoms with Crippen molar-refractivity contribution < 1.29 is 89.6 Å².